The summed E-state index contributed by atoms with van der Waals surface area (Å²) >= 11 is 0. The van der Waals surface area contributed by atoms with E-state index in [0.29, 0.717) is 17.0 Å². The van der Waals surface area contributed by atoms with Crippen molar-refractivity contribution in [3.63, 3.8) is 0 Å². The third-order valence-corrected chi connectivity index (χ3v) is 4.32. The predicted molar refractivity (Wildman–Crippen MR) is 106 cm³/mol. The van der Waals surface area contributed by atoms with Gasteiger partial charge in [0.05, 0.1) is 12.8 Å². The van der Waals surface area contributed by atoms with E-state index in [-0.39, 0.29) is 24.5 Å². The first-order chi connectivity index (χ1) is 14.0. The first-order valence-corrected chi connectivity index (χ1v) is 9.04. The van der Waals surface area contributed by atoms with E-state index in [4.69, 9.17) is 9.47 Å². The Bertz CT molecular complexity index is 956. The molecular weight excluding hydrogens is 374 g/mol. The zero-order valence-electron chi connectivity index (χ0n) is 16.1. The molecule has 2 aromatic carbocycles. The topological polar surface area (TPSA) is 106 Å². The summed E-state index contributed by atoms with van der Waals surface area (Å²) in [4.78, 5) is 36.8. The molecule has 1 heterocycles. The SMILES string of the molecule is COc1ccc(C)cc1NC(=O)[C@@H](OC(=O)C1=NNC(=O)CC1)c1ccccc1. The summed E-state index contributed by atoms with van der Waals surface area (Å²) in [7, 11) is 1.50. The molecule has 0 aliphatic carbocycles. The molecule has 2 aromatic rings. The normalized spacial score (nSPS) is 14.3. The van der Waals surface area contributed by atoms with Gasteiger partial charge in [-0.05, 0) is 24.6 Å². The summed E-state index contributed by atoms with van der Waals surface area (Å²) < 4.78 is 10.8. The monoisotopic (exact) mass is 395 g/mol. The summed E-state index contributed by atoms with van der Waals surface area (Å²) in [5.41, 5.74) is 4.22. The highest BCUT2D eigenvalue weighted by molar-refractivity contribution is 6.37. The number of hydrazone groups is 1. The van der Waals surface area contributed by atoms with Gasteiger partial charge >= 0.3 is 5.97 Å². The molecule has 0 fully saturated rings. The minimum Gasteiger partial charge on any atom is -0.495 e. The van der Waals surface area contributed by atoms with E-state index >= 15 is 0 Å². The van der Waals surface area contributed by atoms with Crippen LogP contribution in [0.4, 0.5) is 5.69 Å². The standard InChI is InChI=1S/C21H21N3O5/c1-13-8-10-17(28-2)16(12-13)22-20(26)19(14-6-4-3-5-7-14)29-21(27)15-9-11-18(25)24-23-15/h3-8,10,12,19H,9,11H2,1-2H3,(H,22,26)(H,24,25)/t19-/m0/s1. The molecule has 8 heteroatoms. The molecule has 0 aromatic heterocycles. The Kier molecular flexibility index (Phi) is 6.23. The molecule has 0 bridgehead atoms. The number of anilines is 1. The highest BCUT2D eigenvalue weighted by Crippen LogP contribution is 2.28. The fraction of sp³-hybridized carbons (Fsp3) is 0.238. The van der Waals surface area contributed by atoms with Crippen LogP contribution in [0.15, 0.2) is 53.6 Å². The number of nitrogens with one attached hydrogen (secondary N) is 2. The lowest BCUT2D eigenvalue weighted by Gasteiger charge is -2.20. The Morgan fingerprint density at radius 1 is 1.14 bits per heavy atom. The molecule has 150 valence electrons. The number of ether oxygens (including phenoxy) is 2. The molecule has 8 nitrogen and oxygen atoms in total. The summed E-state index contributed by atoms with van der Waals surface area (Å²) in [6.07, 6.45) is -0.912. The highest BCUT2D eigenvalue weighted by atomic mass is 16.5. The van der Waals surface area contributed by atoms with E-state index in [0.717, 1.165) is 5.56 Å². The molecule has 2 N–H and O–H groups in total. The number of nitrogens with zero attached hydrogens (tertiary/aromatic N) is 1. The van der Waals surface area contributed by atoms with Crippen molar-refractivity contribution in [2.75, 3.05) is 12.4 Å². The summed E-state index contributed by atoms with van der Waals surface area (Å²) in [5.74, 6) is -1.08. The number of hydrogen-bond donors (Lipinski definition) is 2. The van der Waals surface area contributed by atoms with Crippen LogP contribution in [0, 0.1) is 6.92 Å². The molecule has 1 aliphatic heterocycles. The zero-order valence-corrected chi connectivity index (χ0v) is 16.1. The molecule has 0 spiro atoms. The molecular formula is C21H21N3O5. The van der Waals surface area contributed by atoms with Gasteiger partial charge in [-0.2, -0.15) is 5.10 Å². The number of rotatable bonds is 6. The second-order valence-electron chi connectivity index (χ2n) is 6.48. The van der Waals surface area contributed by atoms with E-state index in [9.17, 15) is 14.4 Å². The number of carbonyl (C=O) groups is 3. The van der Waals surface area contributed by atoms with Gasteiger partial charge < -0.3 is 14.8 Å². The van der Waals surface area contributed by atoms with Crippen molar-refractivity contribution in [2.45, 2.75) is 25.9 Å². The van der Waals surface area contributed by atoms with Crippen LogP contribution in [-0.4, -0.2) is 30.6 Å². The molecule has 1 aliphatic rings. The van der Waals surface area contributed by atoms with Crippen molar-refractivity contribution in [2.24, 2.45) is 5.10 Å². The van der Waals surface area contributed by atoms with Gasteiger partial charge in [-0.3, -0.25) is 9.59 Å². The second kappa shape index (κ2) is 9.01. The van der Waals surface area contributed by atoms with Gasteiger partial charge in [0.2, 0.25) is 12.0 Å². The van der Waals surface area contributed by atoms with Crippen LogP contribution >= 0.6 is 0 Å². The molecule has 2 amide bonds. The van der Waals surface area contributed by atoms with Gasteiger partial charge in [0.1, 0.15) is 11.5 Å². The molecule has 0 unspecified atom stereocenters. The van der Waals surface area contributed by atoms with Crippen LogP contribution in [0.3, 0.4) is 0 Å². The Labute approximate surface area is 167 Å². The molecule has 0 saturated carbocycles. The van der Waals surface area contributed by atoms with Crippen LogP contribution in [0.25, 0.3) is 0 Å². The average Bonchev–Trinajstić information content (AvgIpc) is 2.73. The maximum Gasteiger partial charge on any atom is 0.355 e. The maximum atomic E-state index is 13.0. The number of methoxy groups -OCH3 is 1. The van der Waals surface area contributed by atoms with Crippen molar-refractivity contribution >= 4 is 29.2 Å². The van der Waals surface area contributed by atoms with E-state index in [1.807, 2.05) is 13.0 Å². The van der Waals surface area contributed by atoms with Crippen molar-refractivity contribution < 1.29 is 23.9 Å². The van der Waals surface area contributed by atoms with Crippen molar-refractivity contribution in [1.29, 1.82) is 0 Å². The Balaban J connectivity index is 1.84. The number of hydrogen-bond acceptors (Lipinski definition) is 6. The van der Waals surface area contributed by atoms with Crippen LogP contribution in [0.1, 0.15) is 30.1 Å². The lowest BCUT2D eigenvalue weighted by atomic mass is 10.1. The number of benzene rings is 2. The molecule has 29 heavy (non-hydrogen) atoms. The minimum absolute atomic E-state index is 0.0615. The quantitative estimate of drug-likeness (QED) is 0.731. The van der Waals surface area contributed by atoms with Gasteiger partial charge in [-0.1, -0.05) is 36.4 Å². The fourth-order valence-electron chi connectivity index (χ4n) is 2.81. The second-order valence-corrected chi connectivity index (χ2v) is 6.48. The summed E-state index contributed by atoms with van der Waals surface area (Å²) in [5, 5.41) is 6.50. The Morgan fingerprint density at radius 3 is 2.55 bits per heavy atom. The summed E-state index contributed by atoms with van der Waals surface area (Å²) in [6, 6.07) is 14.0. The van der Waals surface area contributed by atoms with Crippen LogP contribution in [0.2, 0.25) is 0 Å². The molecule has 0 saturated heterocycles. The highest BCUT2D eigenvalue weighted by Gasteiger charge is 2.29. The molecule has 3 rings (SSSR count). The first kappa shape index (κ1) is 20.1. The van der Waals surface area contributed by atoms with Crippen LogP contribution in [0.5, 0.6) is 5.75 Å². The number of carbonyl (C=O) groups excluding carboxylic acids is 3. The van der Waals surface area contributed by atoms with Crippen LogP contribution < -0.4 is 15.5 Å². The Hall–Kier alpha value is -3.68. The largest absolute Gasteiger partial charge is 0.495 e. The van der Waals surface area contributed by atoms with E-state index in [1.54, 1.807) is 42.5 Å². The predicted octanol–water partition coefficient (Wildman–Crippen LogP) is 2.49. The van der Waals surface area contributed by atoms with E-state index in [1.165, 1.54) is 7.11 Å². The lowest BCUT2D eigenvalue weighted by molar-refractivity contribution is -0.148. The van der Waals surface area contributed by atoms with E-state index < -0.39 is 18.0 Å². The molecule has 1 atom stereocenters. The maximum absolute atomic E-state index is 13.0. The smallest absolute Gasteiger partial charge is 0.355 e. The zero-order chi connectivity index (χ0) is 20.8. The Morgan fingerprint density at radius 2 is 1.90 bits per heavy atom. The van der Waals surface area contributed by atoms with Crippen molar-refractivity contribution in [3.05, 3.63) is 59.7 Å². The third kappa shape index (κ3) is 4.98. The average molecular weight is 395 g/mol. The van der Waals surface area contributed by atoms with Gasteiger partial charge in [0.15, 0.2) is 0 Å². The summed E-state index contributed by atoms with van der Waals surface area (Å²) in [6.45, 7) is 1.89. The lowest BCUT2D eigenvalue weighted by Crippen LogP contribution is -2.33. The van der Waals surface area contributed by atoms with Crippen LogP contribution in [-0.2, 0) is 19.1 Å². The number of amides is 2. The van der Waals surface area contributed by atoms with Gasteiger partial charge in [-0.15, -0.1) is 0 Å². The van der Waals surface area contributed by atoms with Gasteiger partial charge in [0, 0.05) is 18.4 Å². The van der Waals surface area contributed by atoms with Crippen molar-refractivity contribution in [1.82, 2.24) is 5.43 Å². The third-order valence-electron chi connectivity index (χ3n) is 4.32. The minimum atomic E-state index is -1.20. The fourth-order valence-corrected chi connectivity index (χ4v) is 2.81. The number of aryl methyl sites for hydroxylation is 1. The van der Waals surface area contributed by atoms with E-state index in [2.05, 4.69) is 15.8 Å². The first-order valence-electron chi connectivity index (χ1n) is 9.04. The van der Waals surface area contributed by atoms with Gasteiger partial charge in [0.25, 0.3) is 5.91 Å². The van der Waals surface area contributed by atoms with Gasteiger partial charge in [-0.25, -0.2) is 10.2 Å². The molecule has 0 radical (unpaired) electrons. The number of esters is 1. The van der Waals surface area contributed by atoms with Crippen molar-refractivity contribution in [3.8, 4) is 5.75 Å².